The number of urea groups is 1. The number of pyridine rings is 1. The van der Waals surface area contributed by atoms with E-state index in [0.717, 1.165) is 43.5 Å². The van der Waals surface area contributed by atoms with Gasteiger partial charge in [-0.2, -0.15) is 0 Å². The zero-order valence-electron chi connectivity index (χ0n) is 22.9. The van der Waals surface area contributed by atoms with Gasteiger partial charge in [0.2, 0.25) is 11.8 Å². The third kappa shape index (κ3) is 5.56. The van der Waals surface area contributed by atoms with Gasteiger partial charge in [-0.3, -0.25) is 14.5 Å². The van der Waals surface area contributed by atoms with Gasteiger partial charge >= 0.3 is 6.03 Å². The lowest BCUT2D eigenvalue weighted by Gasteiger charge is -2.46. The number of ether oxygens (including phenoxy) is 1. The molecule has 1 aliphatic carbocycles. The second kappa shape index (κ2) is 11.6. The van der Waals surface area contributed by atoms with E-state index in [2.05, 4.69) is 32.8 Å². The summed E-state index contributed by atoms with van der Waals surface area (Å²) in [6.45, 7) is 6.21. The molecule has 2 aromatic rings. The zero-order valence-corrected chi connectivity index (χ0v) is 23.7. The number of hydrogen-bond acceptors (Lipinski definition) is 7. The quantitative estimate of drug-likeness (QED) is 0.372. The zero-order chi connectivity index (χ0) is 28.5. The number of carbonyl (C=O) groups excluding carboxylic acids is 3. The molecule has 1 saturated carbocycles. The Bertz CT molecular complexity index is 1400. The lowest BCUT2D eigenvalue weighted by molar-refractivity contribution is -0.117. The number of hydrogen-bond donors (Lipinski definition) is 4. The van der Waals surface area contributed by atoms with Crippen LogP contribution in [0.2, 0.25) is 0 Å². The molecule has 11 heteroatoms. The molecule has 3 fully saturated rings. The van der Waals surface area contributed by atoms with Gasteiger partial charge in [0.1, 0.15) is 5.75 Å². The number of thioether (sulfide) groups is 1. The van der Waals surface area contributed by atoms with E-state index in [9.17, 15) is 14.4 Å². The maximum atomic E-state index is 13.6. The van der Waals surface area contributed by atoms with E-state index in [-0.39, 0.29) is 47.3 Å². The van der Waals surface area contributed by atoms with Crippen LogP contribution < -0.4 is 30.9 Å². The molecule has 5 atom stereocenters. The van der Waals surface area contributed by atoms with Crippen LogP contribution in [0.3, 0.4) is 0 Å². The van der Waals surface area contributed by atoms with E-state index in [0.29, 0.717) is 28.7 Å². The number of para-hydroxylation sites is 1. The number of anilines is 1. The molecule has 2 saturated heterocycles. The SMILES string of the molecule is C=CC(=O)N[C@H]1CCC[C@@H](NC(=O)C2=C3NC(=O)N(c4cnc(Oc5ccccc5)cc4C)C4CCNC(S2)C34)C1. The van der Waals surface area contributed by atoms with Gasteiger partial charge in [0.15, 0.2) is 0 Å². The second-order valence-corrected chi connectivity index (χ2v) is 12.0. The van der Waals surface area contributed by atoms with Gasteiger partial charge in [-0.1, -0.05) is 36.5 Å². The standard InChI is InChI=1S/C30H34N6O4S/c1-3-23(37)33-18-8-7-9-19(15-18)34-28(38)27-26-25-21(12-13-31-29(25)41-27)36(30(39)35-26)22-16-32-24(14-17(22)2)40-20-10-5-4-6-11-20/h3-6,10-11,14,16,18-19,21,25,29,31H,1,7-9,12-13,15H2,2H3,(H,33,37)(H,34,38)(H,35,39)/t18-,19+,21?,25?,29?/m0/s1. The fourth-order valence-electron chi connectivity index (χ4n) is 6.31. The molecule has 3 aliphatic heterocycles. The third-order valence-corrected chi connectivity index (χ3v) is 9.53. The summed E-state index contributed by atoms with van der Waals surface area (Å²) in [7, 11) is 0. The molecule has 4 aliphatic rings. The summed E-state index contributed by atoms with van der Waals surface area (Å²) in [5, 5.41) is 12.7. The van der Waals surface area contributed by atoms with Crippen LogP contribution in [-0.4, -0.2) is 52.9 Å². The van der Waals surface area contributed by atoms with Gasteiger partial charge in [-0.05, 0) is 69.3 Å². The van der Waals surface area contributed by atoms with Crippen molar-refractivity contribution in [2.24, 2.45) is 5.92 Å². The van der Waals surface area contributed by atoms with Crippen LogP contribution >= 0.6 is 11.8 Å². The number of carbonyl (C=O) groups is 3. The van der Waals surface area contributed by atoms with Crippen molar-refractivity contribution in [2.45, 2.75) is 62.5 Å². The number of nitrogens with one attached hydrogen (secondary N) is 4. The Hall–Kier alpha value is -3.83. The van der Waals surface area contributed by atoms with Gasteiger partial charge in [-0.15, -0.1) is 0 Å². The van der Waals surface area contributed by atoms with Crippen LogP contribution in [-0.2, 0) is 9.59 Å². The lowest BCUT2D eigenvalue weighted by atomic mass is 9.86. The van der Waals surface area contributed by atoms with Gasteiger partial charge in [0.25, 0.3) is 5.91 Å². The predicted octanol–water partition coefficient (Wildman–Crippen LogP) is 3.70. The smallest absolute Gasteiger partial charge is 0.326 e. The van der Waals surface area contributed by atoms with Crippen molar-refractivity contribution in [1.29, 1.82) is 0 Å². The van der Waals surface area contributed by atoms with Gasteiger partial charge in [0.05, 0.1) is 28.2 Å². The van der Waals surface area contributed by atoms with E-state index in [4.69, 9.17) is 4.74 Å². The molecule has 0 spiro atoms. The molecule has 6 rings (SSSR count). The Morgan fingerprint density at radius 1 is 1.17 bits per heavy atom. The maximum absolute atomic E-state index is 13.6. The molecular formula is C30H34N6O4S. The largest absolute Gasteiger partial charge is 0.439 e. The number of nitrogens with zero attached hydrogens (tertiary/aromatic N) is 2. The molecular weight excluding hydrogens is 540 g/mol. The second-order valence-electron chi connectivity index (χ2n) is 10.9. The highest BCUT2D eigenvalue weighted by Crippen LogP contribution is 2.48. The first kappa shape index (κ1) is 27.3. The number of amides is 4. The predicted molar refractivity (Wildman–Crippen MR) is 157 cm³/mol. The van der Waals surface area contributed by atoms with Crippen LogP contribution in [0.4, 0.5) is 10.5 Å². The highest BCUT2D eigenvalue weighted by atomic mass is 32.2. The summed E-state index contributed by atoms with van der Waals surface area (Å²) in [6.07, 6.45) is 7.03. The Labute approximate surface area is 243 Å². The lowest BCUT2D eigenvalue weighted by Crippen LogP contribution is -2.62. The third-order valence-electron chi connectivity index (χ3n) is 8.17. The van der Waals surface area contributed by atoms with E-state index in [1.807, 2.05) is 43.3 Å². The average molecular weight is 575 g/mol. The van der Waals surface area contributed by atoms with Gasteiger partial charge in [-0.25, -0.2) is 9.78 Å². The fourth-order valence-corrected chi connectivity index (χ4v) is 7.70. The molecule has 1 aromatic carbocycles. The summed E-state index contributed by atoms with van der Waals surface area (Å²) >= 11 is 1.49. The molecule has 1 aromatic heterocycles. The van der Waals surface area contributed by atoms with Gasteiger partial charge < -0.3 is 26.0 Å². The summed E-state index contributed by atoms with van der Waals surface area (Å²) in [6, 6.07) is 10.9. The van der Waals surface area contributed by atoms with Crippen molar-refractivity contribution in [3.8, 4) is 11.6 Å². The molecule has 4 heterocycles. The molecule has 0 radical (unpaired) electrons. The normalized spacial score (nSPS) is 27.0. The minimum Gasteiger partial charge on any atom is -0.439 e. The van der Waals surface area contributed by atoms with Crippen molar-refractivity contribution in [1.82, 2.24) is 26.3 Å². The minimum atomic E-state index is -0.263. The molecule has 4 amide bonds. The van der Waals surface area contributed by atoms with Crippen molar-refractivity contribution in [3.05, 3.63) is 71.4 Å². The number of aryl methyl sites for hydroxylation is 1. The van der Waals surface area contributed by atoms with Gasteiger partial charge in [0, 0.05) is 29.8 Å². The number of benzene rings is 1. The summed E-state index contributed by atoms with van der Waals surface area (Å²) in [4.78, 5) is 45.8. The number of piperidine rings is 1. The van der Waals surface area contributed by atoms with Crippen LogP contribution in [0.1, 0.15) is 37.7 Å². The Balaban J connectivity index is 1.20. The van der Waals surface area contributed by atoms with Crippen molar-refractivity contribution < 1.29 is 19.1 Å². The van der Waals surface area contributed by atoms with Crippen molar-refractivity contribution >= 4 is 35.3 Å². The van der Waals surface area contributed by atoms with E-state index in [1.54, 1.807) is 11.1 Å². The maximum Gasteiger partial charge on any atom is 0.326 e. The Kier molecular flexibility index (Phi) is 7.72. The Morgan fingerprint density at radius 3 is 2.71 bits per heavy atom. The fraction of sp³-hybridized carbons (Fsp3) is 0.400. The highest BCUT2D eigenvalue weighted by molar-refractivity contribution is 8.04. The van der Waals surface area contributed by atoms with Crippen LogP contribution in [0.5, 0.6) is 11.6 Å². The molecule has 3 unspecified atom stereocenters. The molecule has 214 valence electrons. The first-order valence-electron chi connectivity index (χ1n) is 14.1. The van der Waals surface area contributed by atoms with Crippen LogP contribution in [0.25, 0.3) is 0 Å². The first-order chi connectivity index (χ1) is 19.9. The average Bonchev–Trinajstić information content (AvgIpc) is 3.34. The summed E-state index contributed by atoms with van der Waals surface area (Å²) < 4.78 is 5.89. The number of rotatable bonds is 7. The monoisotopic (exact) mass is 574 g/mol. The number of aromatic nitrogens is 1. The van der Waals surface area contributed by atoms with Crippen molar-refractivity contribution in [2.75, 3.05) is 11.4 Å². The topological polar surface area (TPSA) is 125 Å². The highest BCUT2D eigenvalue weighted by Gasteiger charge is 2.52. The molecule has 4 N–H and O–H groups in total. The van der Waals surface area contributed by atoms with E-state index >= 15 is 0 Å². The Morgan fingerprint density at radius 2 is 1.95 bits per heavy atom. The molecule has 41 heavy (non-hydrogen) atoms. The van der Waals surface area contributed by atoms with E-state index in [1.165, 1.54) is 17.8 Å². The van der Waals surface area contributed by atoms with Crippen LogP contribution in [0, 0.1) is 12.8 Å². The first-order valence-corrected chi connectivity index (χ1v) is 15.0. The van der Waals surface area contributed by atoms with Crippen LogP contribution in [0.15, 0.2) is 65.9 Å². The van der Waals surface area contributed by atoms with E-state index < -0.39 is 0 Å². The summed E-state index contributed by atoms with van der Waals surface area (Å²) in [5.41, 5.74) is 2.30. The molecule has 0 bridgehead atoms. The summed E-state index contributed by atoms with van der Waals surface area (Å²) in [5.74, 6) is 0.728. The van der Waals surface area contributed by atoms with Crippen molar-refractivity contribution in [3.63, 3.8) is 0 Å². The minimum absolute atomic E-state index is 0.00586. The molecule has 10 nitrogen and oxygen atoms in total.